The molecule has 2 aromatic carbocycles. The molecule has 3 N–H and O–H groups in total. The number of halogens is 2. The first-order valence-electron chi connectivity index (χ1n) is 13.1. The van der Waals surface area contributed by atoms with E-state index in [0.717, 1.165) is 60.3 Å². The van der Waals surface area contributed by atoms with Crippen molar-refractivity contribution in [1.29, 1.82) is 0 Å². The number of hydrogen-bond donors (Lipinski definition) is 3. The molecule has 0 atom stereocenters. The number of fused-ring (bicyclic) bond motifs is 1. The van der Waals surface area contributed by atoms with E-state index in [0.29, 0.717) is 10.9 Å². The van der Waals surface area contributed by atoms with Crippen molar-refractivity contribution in [2.45, 2.75) is 29.9 Å². The van der Waals surface area contributed by atoms with E-state index in [1.54, 1.807) is 18.2 Å². The van der Waals surface area contributed by atoms with Gasteiger partial charge in [0.25, 0.3) is 15.6 Å². The number of likely N-dealkylation sites (tertiary alicyclic amines) is 1. The van der Waals surface area contributed by atoms with Gasteiger partial charge in [0.1, 0.15) is 16.4 Å². The van der Waals surface area contributed by atoms with Gasteiger partial charge >= 0.3 is 6.03 Å². The number of hydrogen-bond acceptors (Lipinski definition) is 8. The molecule has 0 saturated carbocycles. The van der Waals surface area contributed by atoms with E-state index in [1.807, 2.05) is 4.72 Å². The van der Waals surface area contributed by atoms with Gasteiger partial charge in [-0.15, -0.1) is 11.3 Å². The Morgan fingerprint density at radius 2 is 1.83 bits per heavy atom. The van der Waals surface area contributed by atoms with Crippen LogP contribution in [0.5, 0.6) is 0 Å². The Labute approximate surface area is 245 Å². The number of carbonyl (C=O) groups excluding carboxylic acids is 1. The van der Waals surface area contributed by atoms with Crippen LogP contribution in [-0.2, 0) is 10.0 Å². The molecule has 216 valence electrons. The van der Waals surface area contributed by atoms with E-state index in [1.165, 1.54) is 49.9 Å². The summed E-state index contributed by atoms with van der Waals surface area (Å²) in [5.74, 6) is -0.814. The van der Waals surface area contributed by atoms with Gasteiger partial charge in [0, 0.05) is 17.9 Å². The Balaban J connectivity index is 1.24. The zero-order valence-corrected chi connectivity index (χ0v) is 24.3. The van der Waals surface area contributed by atoms with E-state index in [2.05, 4.69) is 20.5 Å². The lowest BCUT2D eigenvalue weighted by Gasteiger charge is -2.26. The van der Waals surface area contributed by atoms with Gasteiger partial charge in [-0.2, -0.15) is 0 Å². The Bertz CT molecular complexity index is 1740. The Hall–Kier alpha value is -3.52. The fraction of sp³-hybridized carbons (Fsp3) is 0.296. The largest absolute Gasteiger partial charge is 0.385 e. The monoisotopic (exact) mass is 618 g/mol. The van der Waals surface area contributed by atoms with E-state index in [4.69, 9.17) is 11.6 Å². The molecule has 0 spiro atoms. The third kappa shape index (κ3) is 7.04. The van der Waals surface area contributed by atoms with E-state index >= 15 is 4.39 Å². The fourth-order valence-electron chi connectivity index (χ4n) is 4.67. The predicted molar refractivity (Wildman–Crippen MR) is 159 cm³/mol. The van der Waals surface area contributed by atoms with Crippen molar-refractivity contribution >= 4 is 61.3 Å². The van der Waals surface area contributed by atoms with Crippen LogP contribution in [-0.4, -0.2) is 55.1 Å². The summed E-state index contributed by atoms with van der Waals surface area (Å²) in [6, 6.07) is 10.5. The summed E-state index contributed by atoms with van der Waals surface area (Å²) in [6.45, 7) is 4.18. The highest BCUT2D eigenvalue weighted by molar-refractivity contribution is 7.92. The number of aromatic nitrogens is 2. The van der Waals surface area contributed by atoms with Crippen molar-refractivity contribution in [3.63, 3.8) is 0 Å². The Kier molecular flexibility index (Phi) is 8.88. The molecular weight excluding hydrogens is 591 g/mol. The number of benzene rings is 2. The van der Waals surface area contributed by atoms with Gasteiger partial charge in [-0.1, -0.05) is 18.0 Å². The summed E-state index contributed by atoms with van der Waals surface area (Å²) < 4.78 is 42.7. The molecule has 10 nitrogen and oxygen atoms in total. The number of nitrogens with zero attached hydrogens (tertiary/aromatic N) is 3. The summed E-state index contributed by atoms with van der Waals surface area (Å²) >= 11 is 6.55. The molecule has 0 radical (unpaired) electrons. The predicted octanol–water partition coefficient (Wildman–Crippen LogP) is 5.04. The van der Waals surface area contributed by atoms with Crippen molar-refractivity contribution < 1.29 is 17.6 Å². The molecule has 4 aromatic rings. The summed E-state index contributed by atoms with van der Waals surface area (Å²) in [4.78, 5) is 32.2. The maximum Gasteiger partial charge on any atom is 0.333 e. The zero-order valence-electron chi connectivity index (χ0n) is 21.9. The van der Waals surface area contributed by atoms with Crippen molar-refractivity contribution in [1.82, 2.24) is 19.2 Å². The number of anilines is 2. The van der Waals surface area contributed by atoms with Gasteiger partial charge in [0.2, 0.25) is 0 Å². The van der Waals surface area contributed by atoms with Crippen LogP contribution < -0.4 is 20.9 Å². The molecule has 41 heavy (non-hydrogen) atoms. The first kappa shape index (κ1) is 29.0. The number of rotatable bonds is 9. The topological polar surface area (TPSA) is 125 Å². The number of thiophene rings is 1. The minimum atomic E-state index is -4.14. The van der Waals surface area contributed by atoms with Crippen molar-refractivity contribution in [2.24, 2.45) is 0 Å². The second kappa shape index (κ2) is 12.6. The molecule has 2 aromatic heterocycles. The lowest BCUT2D eigenvalue weighted by molar-refractivity contribution is 0.228. The van der Waals surface area contributed by atoms with Crippen molar-refractivity contribution in [3.8, 4) is 5.69 Å². The van der Waals surface area contributed by atoms with Gasteiger partial charge in [-0.05, 0) is 87.4 Å². The van der Waals surface area contributed by atoms with Crippen LogP contribution in [0.25, 0.3) is 16.6 Å². The first-order valence-corrected chi connectivity index (χ1v) is 15.7. The lowest BCUT2D eigenvalue weighted by Crippen LogP contribution is -2.34. The Morgan fingerprint density at radius 1 is 1.05 bits per heavy atom. The highest BCUT2D eigenvalue weighted by Crippen LogP contribution is 2.25. The van der Waals surface area contributed by atoms with Crippen LogP contribution in [0.3, 0.4) is 0 Å². The average Bonchev–Trinajstić information content (AvgIpc) is 3.39. The minimum Gasteiger partial charge on any atom is -0.385 e. The Morgan fingerprint density at radius 3 is 2.56 bits per heavy atom. The van der Waals surface area contributed by atoms with E-state index in [9.17, 15) is 18.0 Å². The molecular formula is C27H28ClFN6O4S2. The maximum atomic E-state index is 15.0. The molecule has 1 saturated heterocycles. The molecule has 14 heteroatoms. The van der Waals surface area contributed by atoms with Crippen molar-refractivity contribution in [2.75, 3.05) is 36.8 Å². The van der Waals surface area contributed by atoms with Crippen LogP contribution in [0.15, 0.2) is 63.9 Å². The number of piperidine rings is 1. The van der Waals surface area contributed by atoms with Crippen LogP contribution in [0.1, 0.15) is 25.7 Å². The smallest absolute Gasteiger partial charge is 0.333 e. The number of carbonyl (C=O) groups is 1. The van der Waals surface area contributed by atoms with E-state index in [-0.39, 0.29) is 19.9 Å². The third-order valence-electron chi connectivity index (χ3n) is 6.69. The second-order valence-corrected chi connectivity index (χ2v) is 13.2. The normalized spacial score (nSPS) is 14.2. The van der Waals surface area contributed by atoms with Gasteiger partial charge in [-0.25, -0.2) is 27.3 Å². The second-order valence-electron chi connectivity index (χ2n) is 9.62. The van der Waals surface area contributed by atoms with Crippen LogP contribution in [0.4, 0.5) is 20.6 Å². The molecule has 2 amide bonds. The summed E-state index contributed by atoms with van der Waals surface area (Å²) in [7, 11) is -4.14. The van der Waals surface area contributed by atoms with E-state index < -0.39 is 27.4 Å². The van der Waals surface area contributed by atoms with Gasteiger partial charge in [0.15, 0.2) is 0 Å². The number of urea groups is 1. The van der Waals surface area contributed by atoms with Crippen LogP contribution >= 0.6 is 22.9 Å². The molecule has 1 fully saturated rings. The summed E-state index contributed by atoms with van der Waals surface area (Å²) in [5, 5.41) is 5.98. The number of nitrogens with one attached hydrogen (secondary N) is 3. The molecule has 0 unspecified atom stereocenters. The zero-order chi connectivity index (χ0) is 29.0. The molecule has 3 heterocycles. The highest BCUT2D eigenvalue weighted by atomic mass is 35.5. The van der Waals surface area contributed by atoms with Crippen LogP contribution in [0.2, 0.25) is 4.34 Å². The summed E-state index contributed by atoms with van der Waals surface area (Å²) in [6.07, 6.45) is 6.11. The minimum absolute atomic E-state index is 0.0130. The average molecular weight is 619 g/mol. The van der Waals surface area contributed by atoms with Gasteiger partial charge in [-0.3, -0.25) is 9.36 Å². The van der Waals surface area contributed by atoms with Gasteiger partial charge < -0.3 is 15.5 Å². The molecule has 0 aliphatic carbocycles. The maximum absolute atomic E-state index is 15.0. The lowest BCUT2D eigenvalue weighted by atomic mass is 10.1. The van der Waals surface area contributed by atoms with Crippen molar-refractivity contribution in [3.05, 3.63) is 75.4 Å². The highest BCUT2D eigenvalue weighted by Gasteiger charge is 2.20. The quantitative estimate of drug-likeness (QED) is 0.225. The summed E-state index contributed by atoms with van der Waals surface area (Å²) in [5.41, 5.74) is 0.794. The molecule has 0 bridgehead atoms. The number of amides is 2. The fourth-order valence-corrected chi connectivity index (χ4v) is 7.06. The molecule has 5 rings (SSSR count). The first-order chi connectivity index (χ1) is 19.7. The van der Waals surface area contributed by atoms with Gasteiger partial charge in [0.05, 0.1) is 20.9 Å². The molecule has 1 aliphatic heterocycles. The number of sulfonamides is 1. The molecule has 1 aliphatic rings. The SMILES string of the molecule is O=C(Nc1ccc(-n2cnc3cc(NCCCN4CCCCC4)ccc3c2=O)c(F)c1)NS(=O)(=O)c1ccc(Cl)s1. The standard InChI is InChI=1S/C27H28ClFN6O4S2/c28-24-9-10-25(40-24)41(38,39)33-27(37)32-19-6-8-23(21(29)15-19)35-17-31-22-16-18(5-7-20(22)26(35)36)30-11-4-14-34-12-2-1-3-13-34/h5-10,15-17,30H,1-4,11-14H2,(H2,32,33,37). The third-order valence-corrected chi connectivity index (χ3v) is 9.75. The van der Waals surface area contributed by atoms with Crippen LogP contribution in [0, 0.1) is 5.82 Å².